The van der Waals surface area contributed by atoms with Gasteiger partial charge in [-0.25, -0.2) is 0 Å². The summed E-state index contributed by atoms with van der Waals surface area (Å²) in [6, 6.07) is 0. The highest BCUT2D eigenvalue weighted by molar-refractivity contribution is 9.09. The minimum Gasteiger partial charge on any atom is -0.317 e. The Hall–Kier alpha value is 0.440. The molecule has 0 spiro atoms. The van der Waals surface area contributed by atoms with Crippen molar-refractivity contribution in [3.63, 3.8) is 0 Å². The maximum absolute atomic E-state index is 3.65. The first kappa shape index (κ1) is 16.4. The predicted octanol–water partition coefficient (Wildman–Crippen LogP) is 4.89. The normalized spacial score (nSPS) is 12.9. The minimum absolute atomic E-state index is 0.703. The molecule has 98 valence electrons. The van der Waals surface area contributed by atoms with E-state index in [0.717, 1.165) is 0 Å². The fourth-order valence-corrected chi connectivity index (χ4v) is 2.02. The van der Waals surface area contributed by atoms with Gasteiger partial charge in [0, 0.05) is 4.83 Å². The SMILES string of the molecule is CCCCCCCCCNCCC(Br)CC. The van der Waals surface area contributed by atoms with Crippen molar-refractivity contribution in [2.24, 2.45) is 0 Å². The first-order chi connectivity index (χ1) is 7.81. The second-order valence-corrected chi connectivity index (χ2v) is 5.96. The lowest BCUT2D eigenvalue weighted by Gasteiger charge is -2.07. The Balaban J connectivity index is 2.93. The Morgan fingerprint density at radius 2 is 1.50 bits per heavy atom. The van der Waals surface area contributed by atoms with Gasteiger partial charge in [0.25, 0.3) is 0 Å². The van der Waals surface area contributed by atoms with E-state index in [1.807, 2.05) is 0 Å². The Kier molecular flexibility index (Phi) is 13.9. The van der Waals surface area contributed by atoms with Gasteiger partial charge in [-0.1, -0.05) is 68.3 Å². The highest BCUT2D eigenvalue weighted by Gasteiger charge is 1.98. The average Bonchev–Trinajstić information content (AvgIpc) is 2.31. The Labute approximate surface area is 111 Å². The van der Waals surface area contributed by atoms with Crippen LogP contribution in [-0.2, 0) is 0 Å². The fraction of sp³-hybridized carbons (Fsp3) is 1.00. The molecule has 0 aliphatic heterocycles. The molecule has 0 aromatic carbocycles. The van der Waals surface area contributed by atoms with Crippen LogP contribution in [0.3, 0.4) is 0 Å². The highest BCUT2D eigenvalue weighted by Crippen LogP contribution is 2.08. The van der Waals surface area contributed by atoms with Gasteiger partial charge in [-0.15, -0.1) is 0 Å². The Bertz CT molecular complexity index is 128. The third-order valence-electron chi connectivity index (χ3n) is 3.03. The molecule has 1 atom stereocenters. The van der Waals surface area contributed by atoms with Crippen LogP contribution in [0.4, 0.5) is 0 Å². The molecule has 1 nitrogen and oxygen atoms in total. The molecule has 0 saturated carbocycles. The molecule has 0 fully saturated rings. The van der Waals surface area contributed by atoms with E-state index >= 15 is 0 Å². The van der Waals surface area contributed by atoms with Crippen LogP contribution in [0.5, 0.6) is 0 Å². The van der Waals surface area contributed by atoms with E-state index in [1.165, 1.54) is 70.9 Å². The lowest BCUT2D eigenvalue weighted by Crippen LogP contribution is -2.19. The van der Waals surface area contributed by atoms with Crippen LogP contribution in [-0.4, -0.2) is 17.9 Å². The highest BCUT2D eigenvalue weighted by atomic mass is 79.9. The summed E-state index contributed by atoms with van der Waals surface area (Å²) in [5, 5.41) is 3.52. The lowest BCUT2D eigenvalue weighted by atomic mass is 10.1. The summed E-state index contributed by atoms with van der Waals surface area (Å²) in [5.74, 6) is 0. The second kappa shape index (κ2) is 13.5. The Morgan fingerprint density at radius 3 is 2.12 bits per heavy atom. The molecule has 0 saturated heterocycles. The summed E-state index contributed by atoms with van der Waals surface area (Å²) < 4.78 is 0. The number of rotatable bonds is 12. The third-order valence-corrected chi connectivity index (χ3v) is 4.14. The molecule has 1 unspecified atom stereocenters. The van der Waals surface area contributed by atoms with Crippen molar-refractivity contribution < 1.29 is 0 Å². The first-order valence-corrected chi connectivity index (χ1v) is 8.07. The summed E-state index contributed by atoms with van der Waals surface area (Å²) in [4.78, 5) is 0.703. The first-order valence-electron chi connectivity index (χ1n) is 7.16. The van der Waals surface area contributed by atoms with Gasteiger partial charge in [0.2, 0.25) is 0 Å². The molecule has 0 aliphatic rings. The van der Waals surface area contributed by atoms with E-state index in [0.29, 0.717) is 4.83 Å². The number of nitrogens with one attached hydrogen (secondary N) is 1. The van der Waals surface area contributed by atoms with Crippen molar-refractivity contribution in [2.75, 3.05) is 13.1 Å². The number of unbranched alkanes of at least 4 members (excludes halogenated alkanes) is 6. The summed E-state index contributed by atoms with van der Waals surface area (Å²) >= 11 is 3.65. The largest absolute Gasteiger partial charge is 0.317 e. The summed E-state index contributed by atoms with van der Waals surface area (Å²) in [5.41, 5.74) is 0. The predicted molar refractivity (Wildman–Crippen MR) is 78.5 cm³/mol. The van der Waals surface area contributed by atoms with E-state index in [4.69, 9.17) is 0 Å². The molecule has 0 amide bonds. The van der Waals surface area contributed by atoms with Crippen molar-refractivity contribution in [1.29, 1.82) is 0 Å². The number of hydrogen-bond acceptors (Lipinski definition) is 1. The van der Waals surface area contributed by atoms with Crippen LogP contribution >= 0.6 is 15.9 Å². The van der Waals surface area contributed by atoms with Crippen LogP contribution in [0.2, 0.25) is 0 Å². The smallest absolute Gasteiger partial charge is 0.0155 e. The number of alkyl halides is 1. The van der Waals surface area contributed by atoms with Gasteiger partial charge in [-0.05, 0) is 32.4 Å². The summed E-state index contributed by atoms with van der Waals surface area (Å²) in [6.07, 6.45) is 12.3. The van der Waals surface area contributed by atoms with Crippen molar-refractivity contribution in [1.82, 2.24) is 5.32 Å². The zero-order chi connectivity index (χ0) is 12.1. The van der Waals surface area contributed by atoms with E-state index in [1.54, 1.807) is 0 Å². The molecule has 0 aromatic heterocycles. The van der Waals surface area contributed by atoms with Crippen LogP contribution < -0.4 is 5.32 Å². The maximum Gasteiger partial charge on any atom is 0.0155 e. The van der Waals surface area contributed by atoms with E-state index in [-0.39, 0.29) is 0 Å². The molecular formula is C14H30BrN. The standard InChI is InChI=1S/C14H30BrN/c1-3-5-6-7-8-9-10-12-16-13-11-14(15)4-2/h14,16H,3-13H2,1-2H3. The van der Waals surface area contributed by atoms with Crippen LogP contribution in [0.1, 0.15) is 71.6 Å². The number of hydrogen-bond donors (Lipinski definition) is 1. The van der Waals surface area contributed by atoms with Crippen molar-refractivity contribution in [3.05, 3.63) is 0 Å². The summed E-state index contributed by atoms with van der Waals surface area (Å²) in [6.45, 7) is 6.88. The zero-order valence-electron chi connectivity index (χ0n) is 11.2. The van der Waals surface area contributed by atoms with Gasteiger partial charge in [-0.2, -0.15) is 0 Å². The van der Waals surface area contributed by atoms with Gasteiger partial charge >= 0.3 is 0 Å². The zero-order valence-corrected chi connectivity index (χ0v) is 12.8. The molecule has 2 heteroatoms. The molecule has 0 rings (SSSR count). The van der Waals surface area contributed by atoms with Crippen molar-refractivity contribution >= 4 is 15.9 Å². The Morgan fingerprint density at radius 1 is 0.875 bits per heavy atom. The van der Waals surface area contributed by atoms with Gasteiger partial charge in [0.1, 0.15) is 0 Å². The fourth-order valence-electron chi connectivity index (χ4n) is 1.79. The molecule has 0 radical (unpaired) electrons. The van der Waals surface area contributed by atoms with E-state index < -0.39 is 0 Å². The van der Waals surface area contributed by atoms with Crippen molar-refractivity contribution in [3.8, 4) is 0 Å². The summed E-state index contributed by atoms with van der Waals surface area (Å²) in [7, 11) is 0. The lowest BCUT2D eigenvalue weighted by molar-refractivity contribution is 0.554. The van der Waals surface area contributed by atoms with Crippen LogP contribution in [0, 0.1) is 0 Å². The molecule has 0 aromatic rings. The number of halogens is 1. The van der Waals surface area contributed by atoms with Crippen LogP contribution in [0.15, 0.2) is 0 Å². The van der Waals surface area contributed by atoms with Gasteiger partial charge in [-0.3, -0.25) is 0 Å². The van der Waals surface area contributed by atoms with E-state index in [2.05, 4.69) is 35.1 Å². The third kappa shape index (κ3) is 12.5. The molecule has 0 bridgehead atoms. The quantitative estimate of drug-likeness (QED) is 0.399. The van der Waals surface area contributed by atoms with Crippen LogP contribution in [0.25, 0.3) is 0 Å². The van der Waals surface area contributed by atoms with Gasteiger partial charge in [0.05, 0.1) is 0 Å². The van der Waals surface area contributed by atoms with Crippen molar-refractivity contribution in [2.45, 2.75) is 76.5 Å². The molecule has 16 heavy (non-hydrogen) atoms. The topological polar surface area (TPSA) is 12.0 Å². The van der Waals surface area contributed by atoms with Gasteiger partial charge in [0.15, 0.2) is 0 Å². The average molecular weight is 292 g/mol. The maximum atomic E-state index is 3.65. The van der Waals surface area contributed by atoms with Gasteiger partial charge < -0.3 is 5.32 Å². The molecule has 1 N–H and O–H groups in total. The minimum atomic E-state index is 0.703. The second-order valence-electron chi connectivity index (χ2n) is 4.67. The molecular weight excluding hydrogens is 262 g/mol. The molecule has 0 aliphatic carbocycles. The monoisotopic (exact) mass is 291 g/mol. The van der Waals surface area contributed by atoms with E-state index in [9.17, 15) is 0 Å². The molecule has 0 heterocycles.